The van der Waals surface area contributed by atoms with Crippen LogP contribution in [0.1, 0.15) is 23.1 Å². The van der Waals surface area contributed by atoms with Crippen LogP contribution in [-0.4, -0.2) is 37.5 Å². The first kappa shape index (κ1) is 17.0. The SMILES string of the molecule is CNCC1CCN(C(=O)Cc2cc(C)ccc2C)C1.Cl. The fourth-order valence-corrected chi connectivity index (χ4v) is 2.78. The summed E-state index contributed by atoms with van der Waals surface area (Å²) in [6.07, 6.45) is 1.67. The number of rotatable bonds is 4. The molecule has 20 heavy (non-hydrogen) atoms. The van der Waals surface area contributed by atoms with Gasteiger partial charge in [-0.2, -0.15) is 0 Å². The fraction of sp³-hybridized carbons (Fsp3) is 0.562. The Balaban J connectivity index is 0.00000200. The van der Waals surface area contributed by atoms with Gasteiger partial charge in [-0.1, -0.05) is 23.8 Å². The molecule has 1 amide bonds. The van der Waals surface area contributed by atoms with Gasteiger partial charge < -0.3 is 10.2 Å². The van der Waals surface area contributed by atoms with Crippen LogP contribution in [-0.2, 0) is 11.2 Å². The molecule has 2 rings (SSSR count). The minimum atomic E-state index is 0. The largest absolute Gasteiger partial charge is 0.342 e. The molecule has 0 radical (unpaired) electrons. The van der Waals surface area contributed by atoms with Crippen LogP contribution in [0.15, 0.2) is 18.2 Å². The zero-order chi connectivity index (χ0) is 13.8. The fourth-order valence-electron chi connectivity index (χ4n) is 2.78. The van der Waals surface area contributed by atoms with Gasteiger partial charge in [0.1, 0.15) is 0 Å². The Morgan fingerprint density at radius 2 is 2.15 bits per heavy atom. The first-order chi connectivity index (χ1) is 9.10. The molecule has 1 unspecified atom stereocenters. The molecule has 1 heterocycles. The van der Waals surface area contributed by atoms with Gasteiger partial charge in [-0.15, -0.1) is 12.4 Å². The molecule has 1 atom stereocenters. The number of hydrogen-bond acceptors (Lipinski definition) is 2. The Morgan fingerprint density at radius 1 is 1.40 bits per heavy atom. The Morgan fingerprint density at radius 3 is 2.85 bits per heavy atom. The van der Waals surface area contributed by atoms with E-state index in [1.54, 1.807) is 0 Å². The zero-order valence-electron chi connectivity index (χ0n) is 12.6. The molecule has 112 valence electrons. The van der Waals surface area contributed by atoms with Gasteiger partial charge in [0.05, 0.1) is 6.42 Å². The summed E-state index contributed by atoms with van der Waals surface area (Å²) in [6.45, 7) is 6.98. The first-order valence-electron chi connectivity index (χ1n) is 7.08. The number of nitrogens with one attached hydrogen (secondary N) is 1. The van der Waals surface area contributed by atoms with Gasteiger partial charge in [0, 0.05) is 13.1 Å². The average molecular weight is 297 g/mol. The molecular formula is C16H25ClN2O. The molecule has 0 saturated carbocycles. The third-order valence-corrected chi connectivity index (χ3v) is 3.98. The summed E-state index contributed by atoms with van der Waals surface area (Å²) in [5.74, 6) is 0.889. The highest BCUT2D eigenvalue weighted by atomic mass is 35.5. The summed E-state index contributed by atoms with van der Waals surface area (Å²) >= 11 is 0. The van der Waals surface area contributed by atoms with Crippen molar-refractivity contribution in [2.75, 3.05) is 26.7 Å². The van der Waals surface area contributed by atoms with E-state index in [4.69, 9.17) is 0 Å². The van der Waals surface area contributed by atoms with Crippen LogP contribution < -0.4 is 5.32 Å². The highest BCUT2D eigenvalue weighted by molar-refractivity contribution is 5.85. The Hall–Kier alpha value is -1.06. The second-order valence-corrected chi connectivity index (χ2v) is 5.66. The minimum absolute atomic E-state index is 0. The van der Waals surface area contributed by atoms with E-state index in [-0.39, 0.29) is 18.3 Å². The van der Waals surface area contributed by atoms with Crippen LogP contribution in [0.25, 0.3) is 0 Å². The lowest BCUT2D eigenvalue weighted by Gasteiger charge is -2.17. The molecule has 4 heteroatoms. The molecule has 0 bridgehead atoms. The van der Waals surface area contributed by atoms with Crippen molar-refractivity contribution in [3.05, 3.63) is 34.9 Å². The molecule has 1 aromatic carbocycles. The van der Waals surface area contributed by atoms with Crippen molar-refractivity contribution >= 4 is 18.3 Å². The molecule has 0 spiro atoms. The average Bonchev–Trinajstić information content (AvgIpc) is 2.83. The van der Waals surface area contributed by atoms with Crippen molar-refractivity contribution < 1.29 is 4.79 Å². The molecule has 1 aromatic rings. The Labute approximate surface area is 128 Å². The van der Waals surface area contributed by atoms with Crippen LogP contribution in [0.2, 0.25) is 0 Å². The molecule has 1 aliphatic rings. The molecule has 1 aliphatic heterocycles. The topological polar surface area (TPSA) is 32.3 Å². The predicted octanol–water partition coefficient (Wildman–Crippen LogP) is 2.34. The summed E-state index contributed by atoms with van der Waals surface area (Å²) in [4.78, 5) is 14.4. The summed E-state index contributed by atoms with van der Waals surface area (Å²) in [5.41, 5.74) is 3.61. The normalized spacial score (nSPS) is 17.9. The number of carbonyl (C=O) groups excluding carboxylic acids is 1. The van der Waals surface area contributed by atoms with E-state index in [1.807, 2.05) is 11.9 Å². The Bertz CT molecular complexity index is 462. The lowest BCUT2D eigenvalue weighted by Crippen LogP contribution is -2.31. The predicted molar refractivity (Wildman–Crippen MR) is 85.5 cm³/mol. The van der Waals surface area contributed by atoms with Crippen molar-refractivity contribution in [1.29, 1.82) is 0 Å². The van der Waals surface area contributed by atoms with E-state index < -0.39 is 0 Å². The highest BCUT2D eigenvalue weighted by Gasteiger charge is 2.25. The van der Waals surface area contributed by atoms with Crippen molar-refractivity contribution in [2.45, 2.75) is 26.7 Å². The smallest absolute Gasteiger partial charge is 0.227 e. The van der Waals surface area contributed by atoms with Gasteiger partial charge >= 0.3 is 0 Å². The summed E-state index contributed by atoms with van der Waals surface area (Å²) in [7, 11) is 1.97. The van der Waals surface area contributed by atoms with Crippen molar-refractivity contribution in [3.63, 3.8) is 0 Å². The van der Waals surface area contributed by atoms with Gasteiger partial charge in [0.2, 0.25) is 5.91 Å². The molecule has 1 N–H and O–H groups in total. The van der Waals surface area contributed by atoms with E-state index in [2.05, 4.69) is 37.4 Å². The highest BCUT2D eigenvalue weighted by Crippen LogP contribution is 2.18. The lowest BCUT2D eigenvalue weighted by molar-refractivity contribution is -0.129. The minimum Gasteiger partial charge on any atom is -0.342 e. The molecule has 3 nitrogen and oxygen atoms in total. The van der Waals surface area contributed by atoms with Gasteiger partial charge in [-0.05, 0) is 50.9 Å². The lowest BCUT2D eigenvalue weighted by atomic mass is 10.0. The van der Waals surface area contributed by atoms with Crippen LogP contribution in [0, 0.1) is 19.8 Å². The van der Waals surface area contributed by atoms with Crippen molar-refractivity contribution in [1.82, 2.24) is 10.2 Å². The number of hydrogen-bond donors (Lipinski definition) is 1. The second-order valence-electron chi connectivity index (χ2n) is 5.66. The van der Waals surface area contributed by atoms with Crippen LogP contribution >= 0.6 is 12.4 Å². The van der Waals surface area contributed by atoms with Gasteiger partial charge in [-0.3, -0.25) is 4.79 Å². The summed E-state index contributed by atoms with van der Waals surface area (Å²) in [6, 6.07) is 6.34. The van der Waals surface area contributed by atoms with Crippen LogP contribution in [0.5, 0.6) is 0 Å². The van der Waals surface area contributed by atoms with Crippen LogP contribution in [0.4, 0.5) is 0 Å². The van der Waals surface area contributed by atoms with Crippen molar-refractivity contribution in [2.24, 2.45) is 5.92 Å². The number of amides is 1. The van der Waals surface area contributed by atoms with E-state index in [0.717, 1.165) is 26.1 Å². The van der Waals surface area contributed by atoms with Crippen molar-refractivity contribution in [3.8, 4) is 0 Å². The van der Waals surface area contributed by atoms with E-state index >= 15 is 0 Å². The van der Waals surface area contributed by atoms with E-state index in [1.165, 1.54) is 16.7 Å². The van der Waals surface area contributed by atoms with Gasteiger partial charge in [0.15, 0.2) is 0 Å². The number of aryl methyl sites for hydroxylation is 2. The maximum Gasteiger partial charge on any atom is 0.227 e. The summed E-state index contributed by atoms with van der Waals surface area (Å²) < 4.78 is 0. The molecule has 1 saturated heterocycles. The maximum atomic E-state index is 12.3. The standard InChI is InChI=1S/C16H24N2O.ClH/c1-12-4-5-13(2)15(8-12)9-16(19)18-7-6-14(11-18)10-17-3;/h4-5,8,14,17H,6-7,9-11H2,1-3H3;1H. The number of halogens is 1. The number of carbonyl (C=O) groups is 1. The van der Waals surface area contributed by atoms with Crippen LogP contribution in [0.3, 0.4) is 0 Å². The third kappa shape index (κ3) is 4.22. The van der Waals surface area contributed by atoms with Gasteiger partial charge in [0.25, 0.3) is 0 Å². The second kappa shape index (κ2) is 7.65. The number of nitrogens with zero attached hydrogens (tertiary/aromatic N) is 1. The van der Waals surface area contributed by atoms with E-state index in [0.29, 0.717) is 12.3 Å². The van der Waals surface area contributed by atoms with Gasteiger partial charge in [-0.25, -0.2) is 0 Å². The molecule has 1 fully saturated rings. The first-order valence-corrected chi connectivity index (χ1v) is 7.08. The maximum absolute atomic E-state index is 12.3. The number of benzene rings is 1. The molecule has 0 aliphatic carbocycles. The Kier molecular flexibility index (Phi) is 6.50. The zero-order valence-corrected chi connectivity index (χ0v) is 13.4. The molecule has 0 aromatic heterocycles. The molecular weight excluding hydrogens is 272 g/mol. The number of likely N-dealkylation sites (tertiary alicyclic amines) is 1. The quantitative estimate of drug-likeness (QED) is 0.925. The monoisotopic (exact) mass is 296 g/mol. The third-order valence-electron chi connectivity index (χ3n) is 3.98. The summed E-state index contributed by atoms with van der Waals surface area (Å²) in [5, 5.41) is 3.20. The van der Waals surface area contributed by atoms with E-state index in [9.17, 15) is 4.79 Å².